The molecule has 0 aliphatic heterocycles. The summed E-state index contributed by atoms with van der Waals surface area (Å²) in [4.78, 5) is 23.9. The lowest BCUT2D eigenvalue weighted by atomic mass is 10.1. The smallest absolute Gasteiger partial charge is 0.253 e. The van der Waals surface area contributed by atoms with E-state index >= 15 is 0 Å². The molecule has 1 N–H and O–H groups in total. The topological polar surface area (TPSA) is 51.1 Å². The number of para-hydroxylation sites is 1. The van der Waals surface area contributed by atoms with E-state index in [-0.39, 0.29) is 17.4 Å². The zero-order valence-electron chi connectivity index (χ0n) is 11.7. The minimum absolute atomic E-state index is 0.106. The van der Waals surface area contributed by atoms with Crippen LogP contribution >= 0.6 is 0 Å². The monoisotopic (exact) mass is 258 g/mol. The Balaban J connectivity index is 2.55. The van der Waals surface area contributed by atoms with Crippen LogP contribution in [0.5, 0.6) is 0 Å². The molecule has 0 spiro atoms. The molecular weight excluding hydrogens is 240 g/mol. The molecule has 1 heterocycles. The number of aromatic nitrogens is 1. The number of carbonyl (C=O) groups excluding carboxylic acids is 2. The van der Waals surface area contributed by atoms with Gasteiger partial charge in [-0.2, -0.15) is 0 Å². The lowest BCUT2D eigenvalue weighted by molar-refractivity contribution is 0.0921. The van der Waals surface area contributed by atoms with Gasteiger partial charge in [-0.3, -0.25) is 14.2 Å². The van der Waals surface area contributed by atoms with E-state index in [1.165, 1.54) is 11.5 Å². The van der Waals surface area contributed by atoms with Crippen LogP contribution in [0.15, 0.2) is 30.5 Å². The Hall–Kier alpha value is -2.10. The minimum atomic E-state index is -0.309. The Morgan fingerprint density at radius 3 is 2.37 bits per heavy atom. The van der Waals surface area contributed by atoms with Crippen molar-refractivity contribution in [2.45, 2.75) is 33.2 Å². The van der Waals surface area contributed by atoms with Crippen molar-refractivity contribution in [1.29, 1.82) is 0 Å². The summed E-state index contributed by atoms with van der Waals surface area (Å²) in [7, 11) is 0. The molecule has 100 valence electrons. The van der Waals surface area contributed by atoms with E-state index in [1.54, 1.807) is 6.20 Å². The predicted molar refractivity (Wildman–Crippen MR) is 75.5 cm³/mol. The van der Waals surface area contributed by atoms with Gasteiger partial charge in [0.2, 0.25) is 5.91 Å². The average molecular weight is 258 g/mol. The van der Waals surface area contributed by atoms with E-state index in [9.17, 15) is 9.59 Å². The zero-order chi connectivity index (χ0) is 14.2. The van der Waals surface area contributed by atoms with Crippen molar-refractivity contribution in [3.8, 4) is 0 Å². The van der Waals surface area contributed by atoms with E-state index in [4.69, 9.17) is 0 Å². The maximum Gasteiger partial charge on any atom is 0.253 e. The highest BCUT2D eigenvalue weighted by Gasteiger charge is 2.20. The van der Waals surface area contributed by atoms with Crippen molar-refractivity contribution in [3.63, 3.8) is 0 Å². The van der Waals surface area contributed by atoms with Crippen LogP contribution in [0.2, 0.25) is 0 Å². The second-order valence-corrected chi connectivity index (χ2v) is 5.65. The number of hydrogen-bond acceptors (Lipinski definition) is 2. The molecule has 0 bridgehead atoms. The van der Waals surface area contributed by atoms with Gasteiger partial charge in [0, 0.05) is 24.0 Å². The van der Waals surface area contributed by atoms with E-state index in [0.29, 0.717) is 5.56 Å². The fourth-order valence-corrected chi connectivity index (χ4v) is 2.03. The first-order valence-corrected chi connectivity index (χ1v) is 6.23. The van der Waals surface area contributed by atoms with E-state index in [2.05, 4.69) is 5.32 Å². The van der Waals surface area contributed by atoms with Crippen LogP contribution in [0.25, 0.3) is 10.9 Å². The van der Waals surface area contributed by atoms with Crippen LogP contribution in [0.4, 0.5) is 0 Å². The number of rotatable bonds is 1. The van der Waals surface area contributed by atoms with Crippen molar-refractivity contribution >= 4 is 22.7 Å². The Kier molecular flexibility index (Phi) is 3.18. The van der Waals surface area contributed by atoms with Gasteiger partial charge in [0.1, 0.15) is 0 Å². The van der Waals surface area contributed by atoms with Crippen molar-refractivity contribution < 1.29 is 9.59 Å². The first-order valence-electron chi connectivity index (χ1n) is 6.23. The van der Waals surface area contributed by atoms with Crippen LogP contribution in [0.3, 0.4) is 0 Å². The summed E-state index contributed by atoms with van der Waals surface area (Å²) >= 11 is 0. The molecule has 1 amide bonds. The molecule has 0 unspecified atom stereocenters. The highest BCUT2D eigenvalue weighted by Crippen LogP contribution is 2.21. The van der Waals surface area contributed by atoms with Gasteiger partial charge in [0.05, 0.1) is 11.1 Å². The number of hydrogen-bond donors (Lipinski definition) is 1. The molecule has 0 aliphatic carbocycles. The summed E-state index contributed by atoms with van der Waals surface area (Å²) in [6.07, 6.45) is 1.61. The lowest BCUT2D eigenvalue weighted by Crippen LogP contribution is -2.40. The Bertz CT molecular complexity index is 648. The summed E-state index contributed by atoms with van der Waals surface area (Å²) in [6, 6.07) is 7.41. The molecule has 19 heavy (non-hydrogen) atoms. The van der Waals surface area contributed by atoms with Gasteiger partial charge in [-0.25, -0.2) is 0 Å². The molecule has 0 saturated carbocycles. The molecule has 4 nitrogen and oxygen atoms in total. The van der Waals surface area contributed by atoms with Crippen molar-refractivity contribution in [1.82, 2.24) is 9.88 Å². The molecule has 1 aromatic carbocycles. The molecule has 4 heteroatoms. The molecule has 2 rings (SSSR count). The number of amides is 1. The fourth-order valence-electron chi connectivity index (χ4n) is 2.03. The maximum atomic E-state index is 12.3. The Labute approximate surface area is 112 Å². The number of benzene rings is 1. The minimum Gasteiger partial charge on any atom is -0.347 e. The Morgan fingerprint density at radius 2 is 1.79 bits per heavy atom. The van der Waals surface area contributed by atoms with Crippen LogP contribution in [0.1, 0.15) is 42.8 Å². The van der Waals surface area contributed by atoms with Crippen molar-refractivity contribution in [2.24, 2.45) is 0 Å². The second kappa shape index (κ2) is 4.53. The van der Waals surface area contributed by atoms with E-state index < -0.39 is 0 Å². The molecule has 0 fully saturated rings. The molecule has 0 atom stereocenters. The number of nitrogens with one attached hydrogen (secondary N) is 1. The van der Waals surface area contributed by atoms with Crippen LogP contribution in [0, 0.1) is 0 Å². The van der Waals surface area contributed by atoms with Crippen LogP contribution in [-0.2, 0) is 0 Å². The first-order chi connectivity index (χ1) is 8.79. The second-order valence-electron chi connectivity index (χ2n) is 5.65. The average Bonchev–Trinajstić information content (AvgIpc) is 2.66. The molecule has 2 aromatic rings. The summed E-state index contributed by atoms with van der Waals surface area (Å²) < 4.78 is 1.51. The predicted octanol–water partition coefficient (Wildman–Crippen LogP) is 2.83. The summed E-state index contributed by atoms with van der Waals surface area (Å²) in [5.74, 6) is -0.269. The van der Waals surface area contributed by atoms with Crippen molar-refractivity contribution in [3.05, 3.63) is 36.0 Å². The summed E-state index contributed by atoms with van der Waals surface area (Å²) in [6.45, 7) is 7.26. The third-order valence-corrected chi connectivity index (χ3v) is 2.78. The maximum absolute atomic E-state index is 12.3. The third-order valence-electron chi connectivity index (χ3n) is 2.78. The Morgan fingerprint density at radius 1 is 1.16 bits per heavy atom. The SMILES string of the molecule is CC(=O)n1cc(C(=O)NC(C)(C)C)c2ccccc21. The quantitative estimate of drug-likeness (QED) is 0.855. The molecular formula is C15H18N2O2. The van der Waals surface area contributed by atoms with Crippen LogP contribution in [-0.4, -0.2) is 21.9 Å². The summed E-state index contributed by atoms with van der Waals surface area (Å²) in [5, 5.41) is 3.71. The van der Waals surface area contributed by atoms with Gasteiger partial charge in [-0.1, -0.05) is 18.2 Å². The molecule has 0 saturated heterocycles. The molecule has 0 aliphatic rings. The van der Waals surface area contributed by atoms with Gasteiger partial charge in [-0.05, 0) is 26.8 Å². The normalized spacial score (nSPS) is 11.6. The lowest BCUT2D eigenvalue weighted by Gasteiger charge is -2.20. The zero-order valence-corrected chi connectivity index (χ0v) is 11.7. The standard InChI is InChI=1S/C15H18N2O2/c1-10(18)17-9-12(14(19)16-15(2,3)4)11-7-5-6-8-13(11)17/h5-9H,1-4H3,(H,16,19). The molecule has 0 radical (unpaired) electrons. The number of carbonyl (C=O) groups is 2. The number of nitrogens with zero attached hydrogens (tertiary/aromatic N) is 1. The number of fused-ring (bicyclic) bond motifs is 1. The van der Waals surface area contributed by atoms with Gasteiger partial charge in [-0.15, -0.1) is 0 Å². The van der Waals surface area contributed by atoms with Crippen molar-refractivity contribution in [2.75, 3.05) is 0 Å². The highest BCUT2D eigenvalue weighted by atomic mass is 16.2. The van der Waals surface area contributed by atoms with Gasteiger partial charge >= 0.3 is 0 Å². The first kappa shape index (κ1) is 13.3. The summed E-state index contributed by atoms with van der Waals surface area (Å²) in [5.41, 5.74) is 0.978. The third kappa shape index (κ3) is 2.67. The van der Waals surface area contributed by atoms with Gasteiger partial charge in [0.25, 0.3) is 5.91 Å². The van der Waals surface area contributed by atoms with Gasteiger partial charge in [0.15, 0.2) is 0 Å². The fraction of sp³-hybridized carbons (Fsp3) is 0.333. The van der Waals surface area contributed by atoms with Gasteiger partial charge < -0.3 is 5.32 Å². The van der Waals surface area contributed by atoms with Crippen LogP contribution < -0.4 is 5.32 Å². The largest absolute Gasteiger partial charge is 0.347 e. The van der Waals surface area contributed by atoms with E-state index in [1.807, 2.05) is 45.0 Å². The molecule has 1 aromatic heterocycles. The highest BCUT2D eigenvalue weighted by molar-refractivity contribution is 6.09. The van der Waals surface area contributed by atoms with E-state index in [0.717, 1.165) is 10.9 Å².